The summed E-state index contributed by atoms with van der Waals surface area (Å²) in [6.45, 7) is 38.1. The Morgan fingerprint density at radius 2 is 0.508 bits per heavy atom. The average Bonchev–Trinajstić information content (AvgIpc) is 0.740. The number of carbonyl (C=O) groups is 4. The van der Waals surface area contributed by atoms with E-state index < -0.39 is 86.5 Å². The minimum atomic E-state index is -2.61. The highest BCUT2D eigenvalue weighted by molar-refractivity contribution is 5.77. The first-order valence-electron chi connectivity index (χ1n) is 48.9. The molecule has 4 aromatic carbocycles. The first-order chi connectivity index (χ1) is 60.7. The second kappa shape index (κ2) is 43.9. The second-order valence-electron chi connectivity index (χ2n) is 37.2. The van der Waals surface area contributed by atoms with Crippen LogP contribution in [0.3, 0.4) is 0 Å². The van der Waals surface area contributed by atoms with Gasteiger partial charge in [-0.3, -0.25) is 38.8 Å². The minimum Gasteiger partial charge on any atom is -0.493 e. The Morgan fingerprint density at radius 1 is 0.325 bits per heavy atom. The Labute approximate surface area is 732 Å². The highest BCUT2D eigenvalue weighted by Gasteiger charge is 2.47. The molecule has 24 heteroatoms. The second-order valence-corrected chi connectivity index (χ2v) is 37.2. The van der Waals surface area contributed by atoms with Gasteiger partial charge in [-0.15, -0.1) is 0 Å². The molecule has 4 fully saturated rings. The lowest BCUT2D eigenvalue weighted by atomic mass is 9.79. The zero-order chi connectivity index (χ0) is 96.7. The van der Waals surface area contributed by atoms with Crippen molar-refractivity contribution in [1.82, 2.24) is 19.6 Å². The van der Waals surface area contributed by atoms with Crippen molar-refractivity contribution in [3.8, 4) is 46.0 Å². The molecule has 0 saturated carbocycles. The minimum absolute atomic E-state index is 0.00762. The Hall–Kier alpha value is -7.16. The molecule has 0 spiro atoms. The number of benzene rings is 4. The van der Waals surface area contributed by atoms with Crippen LogP contribution in [0.5, 0.6) is 46.0 Å². The number of hydrogen-bond donors (Lipinski definition) is 4. The maximum absolute atomic E-state index is 12.8. The van der Waals surface area contributed by atoms with E-state index in [-0.39, 0.29) is 94.5 Å². The number of nitrogens with zero attached hydrogens (tertiary/aromatic N) is 4. The van der Waals surface area contributed by atoms with E-state index in [4.69, 9.17) is 88.0 Å². The summed E-state index contributed by atoms with van der Waals surface area (Å²) in [7, 11) is 4.15. The van der Waals surface area contributed by atoms with Gasteiger partial charge < -0.3 is 79.8 Å². The van der Waals surface area contributed by atoms with Gasteiger partial charge in [-0.1, -0.05) is 111 Å². The molecule has 8 aliphatic rings. The van der Waals surface area contributed by atoms with Gasteiger partial charge >= 0.3 is 23.9 Å². The number of ether oxygens (including phenoxy) is 12. The molecule has 4 aromatic rings. The molecule has 4 saturated heterocycles. The summed E-state index contributed by atoms with van der Waals surface area (Å²) >= 11 is 0. The quantitative estimate of drug-likeness (QED) is 0.0303. The van der Waals surface area contributed by atoms with E-state index in [1.807, 2.05) is 79.7 Å². The molecule has 16 atom stereocenters. The third-order valence-corrected chi connectivity index (χ3v) is 25.2. The number of nitrogens with two attached hydrogens (primary N) is 4. The van der Waals surface area contributed by atoms with Crippen molar-refractivity contribution in [1.29, 1.82) is 0 Å². The van der Waals surface area contributed by atoms with Crippen molar-refractivity contribution in [3.63, 3.8) is 0 Å². The van der Waals surface area contributed by atoms with Gasteiger partial charge in [-0.2, -0.15) is 0 Å². The number of piperidine rings is 4. The summed E-state index contributed by atoms with van der Waals surface area (Å²) in [6.07, 6.45) is 6.56. The summed E-state index contributed by atoms with van der Waals surface area (Å²) in [5.41, 5.74) is 31.4. The summed E-state index contributed by atoms with van der Waals surface area (Å²) in [5.74, 6) is 4.09. The lowest BCUT2D eigenvalue weighted by molar-refractivity contribution is -0.161. The maximum Gasteiger partial charge on any atom is 0.323 e. The number of hydrogen-bond acceptors (Lipinski definition) is 24. The molecule has 0 bridgehead atoms. The van der Waals surface area contributed by atoms with Crippen LogP contribution in [0.25, 0.3) is 0 Å². The molecule has 8 N–H and O–H groups in total. The largest absolute Gasteiger partial charge is 0.493 e. The number of fused-ring (bicyclic) bond motifs is 12. The Bertz CT molecular complexity index is 4210. The van der Waals surface area contributed by atoms with Gasteiger partial charge in [0, 0.05) is 126 Å². The van der Waals surface area contributed by atoms with Crippen LogP contribution < -0.4 is 60.8 Å². The molecule has 8 aliphatic heterocycles. The molecular weight excluding hydrogens is 1520 g/mol. The van der Waals surface area contributed by atoms with E-state index in [1.165, 1.54) is 14.2 Å². The Balaban J connectivity index is 0.000000195. The van der Waals surface area contributed by atoms with E-state index in [2.05, 4.69) is 75.0 Å². The fraction of sp³-hybridized carbons (Fsp3) is 0.708. The third kappa shape index (κ3) is 23.8. The summed E-state index contributed by atoms with van der Waals surface area (Å²) in [5, 5.41) is 0. The number of rotatable bonds is 28. The van der Waals surface area contributed by atoms with Crippen molar-refractivity contribution < 1.29 is 89.7 Å². The fourth-order valence-corrected chi connectivity index (χ4v) is 18.3. The van der Waals surface area contributed by atoms with Crippen LogP contribution in [0.15, 0.2) is 48.5 Å². The smallest absolute Gasteiger partial charge is 0.323 e. The van der Waals surface area contributed by atoms with Gasteiger partial charge in [0.1, 0.15) is 48.6 Å². The van der Waals surface area contributed by atoms with Crippen molar-refractivity contribution in [2.45, 2.75) is 260 Å². The average molecular weight is 1680 g/mol. The summed E-state index contributed by atoms with van der Waals surface area (Å²) < 4.78 is 150. The van der Waals surface area contributed by atoms with Crippen molar-refractivity contribution in [2.75, 3.05) is 109 Å². The molecule has 12 rings (SSSR count). The van der Waals surface area contributed by atoms with Gasteiger partial charge in [0.05, 0.1) is 70.4 Å². The molecule has 0 aromatic heterocycles. The van der Waals surface area contributed by atoms with Crippen LogP contribution in [0.1, 0.15) is 244 Å². The molecule has 0 aliphatic carbocycles. The van der Waals surface area contributed by atoms with Crippen molar-refractivity contribution in [2.24, 2.45) is 93.9 Å². The topological polar surface area (TPSA) is 296 Å². The van der Waals surface area contributed by atoms with Gasteiger partial charge in [-0.25, -0.2) is 0 Å². The van der Waals surface area contributed by atoms with Gasteiger partial charge in [-0.05, 0) is 192 Å². The molecule has 672 valence electrons. The number of esters is 4. The Morgan fingerprint density at radius 3 is 0.675 bits per heavy atom. The SMILES string of the molecule is [2H]C([2H])([2H])Oc1cc2c(cc1OC)C1([2H])CC(OC(=O)[C@@H](N)C(C)C)C(CC(C)C)CN1CC2.[2H]C([2H])([2H])Oc1cc2c(cc1OC)C1([2H])CC(OC(=O)[C@@H](N)C(C)C)C(CC(C)C)CN1CC2.[2H]C12CC(OC(=O)[C@@H](N)C(C)C)C(CC(C)C)CN1CCc1cc(OC)c(OC)cc12.[2H]C12CC(OC(=O)[C@@H](N)C(C)C)C(CC(C)C)CN1CCc1cc(OC)c(OC)cc12. The normalized spacial score (nSPS) is 28.8. The van der Waals surface area contributed by atoms with Gasteiger partial charge in [0.25, 0.3) is 0 Å². The van der Waals surface area contributed by atoms with Crippen molar-refractivity contribution in [3.05, 3.63) is 93.0 Å². The number of methoxy groups -OCH3 is 8. The van der Waals surface area contributed by atoms with E-state index in [1.54, 1.807) is 52.7 Å². The highest BCUT2D eigenvalue weighted by atomic mass is 16.6. The molecule has 0 amide bonds. The molecule has 0 radical (unpaired) electrons. The fourth-order valence-electron chi connectivity index (χ4n) is 18.3. The monoisotopic (exact) mass is 1680 g/mol. The van der Waals surface area contributed by atoms with Gasteiger partial charge in [0.2, 0.25) is 0 Å². The first kappa shape index (κ1) is 82.4. The predicted molar refractivity (Wildman–Crippen MR) is 471 cm³/mol. The zero-order valence-electron chi connectivity index (χ0n) is 85.9. The molecule has 12 unspecified atom stereocenters. The van der Waals surface area contributed by atoms with Crippen LogP contribution in [-0.4, -0.2) is 201 Å². The maximum atomic E-state index is 12.8. The Kier molecular flexibility index (Phi) is 30.2. The van der Waals surface area contributed by atoms with E-state index in [9.17, 15) is 24.7 Å². The summed E-state index contributed by atoms with van der Waals surface area (Å²) in [6, 6.07) is 7.61. The van der Waals surface area contributed by atoms with Crippen LogP contribution in [-0.2, 0) is 63.8 Å². The van der Waals surface area contributed by atoms with Gasteiger partial charge in [0.15, 0.2) is 46.0 Å². The summed E-state index contributed by atoms with van der Waals surface area (Å²) in [4.78, 5) is 59.7. The molecule has 120 heavy (non-hydrogen) atoms. The van der Waals surface area contributed by atoms with Crippen LogP contribution in [0.2, 0.25) is 0 Å². The lowest BCUT2D eigenvalue weighted by Crippen LogP contribution is -2.51. The van der Waals surface area contributed by atoms with Crippen LogP contribution in [0, 0.1) is 71.0 Å². The van der Waals surface area contributed by atoms with E-state index in [0.717, 1.165) is 109 Å². The van der Waals surface area contributed by atoms with Crippen molar-refractivity contribution >= 4 is 23.9 Å². The molecule has 8 heterocycles. The molecular formula is C96H152N8O16. The number of carbonyl (C=O) groups excluding carboxylic acids is 4. The van der Waals surface area contributed by atoms with E-state index >= 15 is 0 Å². The third-order valence-electron chi connectivity index (χ3n) is 25.2. The zero-order valence-corrected chi connectivity index (χ0v) is 75.9. The highest BCUT2D eigenvalue weighted by Crippen LogP contribution is 2.50. The molecule has 24 nitrogen and oxygen atoms in total. The van der Waals surface area contributed by atoms with Crippen LogP contribution in [0.4, 0.5) is 0 Å². The predicted octanol–water partition coefficient (Wildman–Crippen LogP) is 14.3. The lowest BCUT2D eigenvalue weighted by Gasteiger charge is -2.47. The standard InChI is InChI=1S/4C24H38N2O4/c4*1-14(2)9-17-13-26-8-7-16-10-21(28-5)22(29-6)11-18(16)19(26)12-20(17)30-24(27)23(25)15(3)4/h4*10-11,14-15,17,19-20,23H,7-9,12-13,25H2,1-6H3/t4*17?,19?,20?,23-/m0000/s1/i2*5D3,19D;2*19D. The van der Waals surface area contributed by atoms with Crippen LogP contribution >= 0.6 is 0 Å². The van der Waals surface area contributed by atoms with E-state index in [0.29, 0.717) is 111 Å². The first-order valence-corrected chi connectivity index (χ1v) is 43.9.